The smallest absolute Gasteiger partial charge is 0.274 e. The Morgan fingerprint density at radius 3 is 2.67 bits per heavy atom. The maximum atomic E-state index is 13.6. The molecule has 4 heterocycles. The highest BCUT2D eigenvalue weighted by Crippen LogP contribution is 2.33. The van der Waals surface area contributed by atoms with Crippen molar-refractivity contribution in [3.8, 4) is 11.7 Å². The van der Waals surface area contributed by atoms with E-state index in [4.69, 9.17) is 32.7 Å². The van der Waals surface area contributed by atoms with Crippen LogP contribution < -0.4 is 15.4 Å². The lowest BCUT2D eigenvalue weighted by Gasteiger charge is -2.38. The molecule has 0 atom stereocenters. The van der Waals surface area contributed by atoms with Crippen LogP contribution in [0.1, 0.15) is 27.8 Å². The van der Waals surface area contributed by atoms with Gasteiger partial charge in [-0.2, -0.15) is 11.8 Å². The molecular formula is C23H20BrCl2N5O4S. The second kappa shape index (κ2) is 10.2. The molecule has 5 rings (SSSR count). The number of carbonyl (C=O) groups is 2. The van der Waals surface area contributed by atoms with Crippen molar-refractivity contribution in [1.82, 2.24) is 20.1 Å². The maximum Gasteiger partial charge on any atom is 0.274 e. The quantitative estimate of drug-likeness (QED) is 0.401. The summed E-state index contributed by atoms with van der Waals surface area (Å²) in [6.07, 6.45) is 1.57. The molecule has 0 aliphatic carbocycles. The van der Waals surface area contributed by atoms with Crippen molar-refractivity contribution in [1.29, 1.82) is 0 Å². The highest BCUT2D eigenvalue weighted by Gasteiger charge is 2.36. The normalized spacial score (nSPS) is 16.6. The van der Waals surface area contributed by atoms with Crippen LogP contribution in [0, 0.1) is 0 Å². The zero-order valence-corrected chi connectivity index (χ0v) is 22.8. The van der Waals surface area contributed by atoms with Gasteiger partial charge in [0.1, 0.15) is 11.8 Å². The van der Waals surface area contributed by atoms with Crippen molar-refractivity contribution in [2.75, 3.05) is 30.0 Å². The van der Waals surface area contributed by atoms with E-state index in [1.165, 1.54) is 16.8 Å². The number of halogens is 3. The first-order valence-corrected chi connectivity index (χ1v) is 13.6. The van der Waals surface area contributed by atoms with Crippen molar-refractivity contribution in [3.63, 3.8) is 0 Å². The zero-order valence-electron chi connectivity index (χ0n) is 18.9. The maximum absolute atomic E-state index is 13.6. The predicted molar refractivity (Wildman–Crippen MR) is 142 cm³/mol. The fraction of sp³-hybridized carbons (Fsp3) is 0.304. The number of anilines is 1. The van der Waals surface area contributed by atoms with Gasteiger partial charge in [0.2, 0.25) is 5.88 Å². The lowest BCUT2D eigenvalue weighted by Crippen LogP contribution is -2.59. The number of benzene rings is 1. The average molecular weight is 613 g/mol. The second-order valence-corrected chi connectivity index (χ2v) is 11.4. The molecule has 2 amide bonds. The molecule has 9 nitrogen and oxygen atoms in total. The number of nitrogens with zero attached hydrogens (tertiary/aromatic N) is 3. The monoisotopic (exact) mass is 611 g/mol. The van der Waals surface area contributed by atoms with Crippen LogP contribution in [0.3, 0.4) is 0 Å². The Hall–Kier alpha value is -2.31. The fourth-order valence-corrected chi connectivity index (χ4v) is 5.28. The van der Waals surface area contributed by atoms with Crippen LogP contribution in [-0.2, 0) is 4.74 Å². The number of hydrogen-bond acceptors (Lipinski definition) is 7. The molecule has 2 aromatic heterocycles. The lowest BCUT2D eigenvalue weighted by molar-refractivity contribution is -0.0593. The third-order valence-electron chi connectivity index (χ3n) is 5.55. The van der Waals surface area contributed by atoms with Gasteiger partial charge < -0.3 is 20.1 Å². The van der Waals surface area contributed by atoms with E-state index in [1.54, 1.807) is 36.2 Å². The van der Waals surface area contributed by atoms with Gasteiger partial charge in [0.25, 0.3) is 11.8 Å². The van der Waals surface area contributed by atoms with Crippen LogP contribution >= 0.6 is 50.9 Å². The standard InChI is InChI=1S/C23H20BrCl2N5O4S/c1-23(10-34-11-23)29-21(32)14-5-12(25)6-15(24)19(14)28-22(33)17-7-18(35-13-8-36-9-13)30-31(17)20-16(26)3-2-4-27-20/h2-7,13H,8-11H2,1H3,(H,28,33)(H,29,32). The molecule has 2 saturated heterocycles. The number of aromatic nitrogens is 3. The third kappa shape index (κ3) is 5.21. The fourth-order valence-electron chi connectivity index (χ4n) is 3.61. The highest BCUT2D eigenvalue weighted by molar-refractivity contribution is 9.10. The number of hydrogen-bond donors (Lipinski definition) is 2. The Morgan fingerprint density at radius 2 is 2.03 bits per heavy atom. The summed E-state index contributed by atoms with van der Waals surface area (Å²) in [4.78, 5) is 31.0. The summed E-state index contributed by atoms with van der Waals surface area (Å²) in [5, 5.41) is 10.8. The van der Waals surface area contributed by atoms with Crippen LogP contribution in [0.5, 0.6) is 5.88 Å². The van der Waals surface area contributed by atoms with Crippen LogP contribution in [0.25, 0.3) is 5.82 Å². The first-order chi connectivity index (χ1) is 17.2. The van der Waals surface area contributed by atoms with Crippen molar-refractivity contribution >= 4 is 68.4 Å². The summed E-state index contributed by atoms with van der Waals surface area (Å²) in [7, 11) is 0. The van der Waals surface area contributed by atoms with Gasteiger partial charge in [0.15, 0.2) is 5.82 Å². The molecule has 2 N–H and O–H groups in total. The molecule has 2 fully saturated rings. The van der Waals surface area contributed by atoms with Gasteiger partial charge in [-0.25, -0.2) is 9.67 Å². The van der Waals surface area contributed by atoms with Crippen LogP contribution in [0.4, 0.5) is 5.69 Å². The molecule has 13 heteroatoms. The Kier molecular flexibility index (Phi) is 7.19. The van der Waals surface area contributed by atoms with E-state index in [0.717, 1.165) is 11.5 Å². The third-order valence-corrected chi connectivity index (χ3v) is 7.90. The van der Waals surface area contributed by atoms with Gasteiger partial charge in [-0.15, -0.1) is 5.10 Å². The van der Waals surface area contributed by atoms with Crippen molar-refractivity contribution in [2.45, 2.75) is 18.6 Å². The highest BCUT2D eigenvalue weighted by atomic mass is 79.9. The van der Waals surface area contributed by atoms with E-state index in [9.17, 15) is 9.59 Å². The molecular weight excluding hydrogens is 593 g/mol. The van der Waals surface area contributed by atoms with E-state index in [1.807, 2.05) is 6.92 Å². The molecule has 0 radical (unpaired) electrons. The minimum atomic E-state index is -0.544. The number of carbonyl (C=O) groups excluding carboxylic acids is 2. The number of ether oxygens (including phenoxy) is 2. The number of pyridine rings is 1. The van der Waals surface area contributed by atoms with E-state index in [0.29, 0.717) is 27.7 Å². The molecule has 2 aliphatic rings. The molecule has 3 aromatic rings. The Labute approximate surface area is 229 Å². The molecule has 0 saturated carbocycles. The second-order valence-electron chi connectivity index (χ2n) is 8.64. The topological polar surface area (TPSA) is 107 Å². The van der Waals surface area contributed by atoms with Gasteiger partial charge in [-0.05, 0) is 47.1 Å². The first kappa shape index (κ1) is 25.3. The van der Waals surface area contributed by atoms with Gasteiger partial charge in [0, 0.05) is 33.3 Å². The summed E-state index contributed by atoms with van der Waals surface area (Å²) >= 11 is 17.8. The van der Waals surface area contributed by atoms with Crippen LogP contribution in [-0.4, -0.2) is 62.9 Å². The van der Waals surface area contributed by atoms with Crippen LogP contribution in [0.15, 0.2) is 41.0 Å². The minimum absolute atomic E-state index is 0.0195. The predicted octanol–water partition coefficient (Wildman–Crippen LogP) is 4.60. The summed E-state index contributed by atoms with van der Waals surface area (Å²) in [5.41, 5.74) is 0.0856. The number of amides is 2. The van der Waals surface area contributed by atoms with Crippen molar-refractivity contribution < 1.29 is 19.1 Å². The van der Waals surface area contributed by atoms with Crippen molar-refractivity contribution in [2.24, 2.45) is 0 Å². The van der Waals surface area contributed by atoms with E-state index in [-0.39, 0.29) is 34.7 Å². The average Bonchev–Trinajstić information content (AvgIpc) is 3.21. The Bertz CT molecular complexity index is 1350. The summed E-state index contributed by atoms with van der Waals surface area (Å²) in [6, 6.07) is 7.95. The summed E-state index contributed by atoms with van der Waals surface area (Å²) in [5.74, 6) is 1.30. The van der Waals surface area contributed by atoms with Gasteiger partial charge in [0.05, 0.1) is 35.0 Å². The van der Waals surface area contributed by atoms with Gasteiger partial charge >= 0.3 is 0 Å². The van der Waals surface area contributed by atoms with Crippen LogP contribution in [0.2, 0.25) is 10.0 Å². The molecule has 1 aromatic carbocycles. The minimum Gasteiger partial charge on any atom is -0.472 e. The number of thioether (sulfide) groups is 1. The van der Waals surface area contributed by atoms with E-state index >= 15 is 0 Å². The number of nitrogens with one attached hydrogen (secondary N) is 2. The van der Waals surface area contributed by atoms with Crippen molar-refractivity contribution in [3.05, 3.63) is 62.3 Å². The van der Waals surface area contributed by atoms with E-state index in [2.05, 4.69) is 36.6 Å². The summed E-state index contributed by atoms with van der Waals surface area (Å²) < 4.78 is 12.9. The summed E-state index contributed by atoms with van der Waals surface area (Å²) in [6.45, 7) is 2.67. The molecule has 188 valence electrons. The molecule has 2 aliphatic heterocycles. The van der Waals surface area contributed by atoms with Gasteiger partial charge in [-0.1, -0.05) is 23.2 Å². The largest absolute Gasteiger partial charge is 0.472 e. The Morgan fingerprint density at radius 1 is 1.25 bits per heavy atom. The molecule has 0 unspecified atom stereocenters. The molecule has 36 heavy (non-hydrogen) atoms. The zero-order chi connectivity index (χ0) is 25.4. The van der Waals surface area contributed by atoms with E-state index < -0.39 is 17.4 Å². The number of rotatable bonds is 7. The molecule has 0 spiro atoms. The molecule has 0 bridgehead atoms. The first-order valence-electron chi connectivity index (χ1n) is 10.9. The SMILES string of the molecule is CC1(NC(=O)c2cc(Cl)cc(Br)c2NC(=O)c2cc(OC3CSC3)nn2-c2ncccc2Cl)COC1. The Balaban J connectivity index is 1.49. The van der Waals surface area contributed by atoms with Gasteiger partial charge in [-0.3, -0.25) is 9.59 Å². The lowest BCUT2D eigenvalue weighted by atomic mass is 9.99.